The van der Waals surface area contributed by atoms with Gasteiger partial charge in [-0.15, -0.1) is 0 Å². The monoisotopic (exact) mass is 719 g/mol. The molecule has 3 aromatic carbocycles. The molecule has 0 aliphatic carbocycles. The summed E-state index contributed by atoms with van der Waals surface area (Å²) in [6.07, 6.45) is 10.7. The van der Waals surface area contributed by atoms with Gasteiger partial charge in [-0.25, -0.2) is 13.7 Å². The number of hydrogen-bond donors (Lipinski definition) is 0. The van der Waals surface area contributed by atoms with Crippen LogP contribution >= 0.6 is 0 Å². The molecule has 8 nitrogen and oxygen atoms in total. The maximum absolute atomic E-state index is 5.25. The van der Waals surface area contributed by atoms with E-state index in [1.54, 1.807) is 7.11 Å². The second-order valence-corrected chi connectivity index (χ2v) is 10.3. The van der Waals surface area contributed by atoms with Crippen molar-refractivity contribution in [2.75, 3.05) is 19.2 Å². The number of azo groups is 1. The van der Waals surface area contributed by atoms with Gasteiger partial charge in [-0.2, -0.15) is 5.10 Å². The number of unbranched alkanes of at least 4 members (excludes halogenated alkanes) is 3. The van der Waals surface area contributed by atoms with Gasteiger partial charge in [0.15, 0.2) is 12.4 Å². The number of methoxy groups -OCH3 is 1. The van der Waals surface area contributed by atoms with Gasteiger partial charge in [-0.3, -0.25) is 5.01 Å². The minimum absolute atomic E-state index is 0. The number of hydrogen-bond acceptors (Lipinski definition) is 5. The Morgan fingerprint density at radius 1 is 0.795 bits per heavy atom. The molecule has 2 heterocycles. The Morgan fingerprint density at radius 2 is 1.48 bits per heavy atom. The molecule has 0 spiro atoms. The summed E-state index contributed by atoms with van der Waals surface area (Å²) in [4.78, 5) is 0. The van der Waals surface area contributed by atoms with Gasteiger partial charge >= 0.3 is 5.95 Å². The molecular weight excluding hydrogens is 682 g/mol. The summed E-state index contributed by atoms with van der Waals surface area (Å²) in [6.45, 7) is 1.90. The molecule has 2 aromatic heterocycles. The Morgan fingerprint density at radius 3 is 2.20 bits per heavy atom. The highest BCUT2D eigenvalue weighted by atomic mass is 79.9. The van der Waals surface area contributed by atoms with Gasteiger partial charge in [0.1, 0.15) is 29.0 Å². The largest absolute Gasteiger partial charge is 1.00 e. The topological polar surface area (TPSA) is 62.2 Å². The highest BCUT2D eigenvalue weighted by Crippen LogP contribution is 2.24. The average Bonchev–Trinajstić information content (AvgIpc) is 3.31. The molecule has 10 heteroatoms. The number of para-hydroxylation sites is 3. The molecule has 0 fully saturated rings. The first-order valence-electron chi connectivity index (χ1n) is 14.5. The smallest absolute Gasteiger partial charge is 0.422 e. The van der Waals surface area contributed by atoms with E-state index in [0.717, 1.165) is 66.5 Å². The second-order valence-electron chi connectivity index (χ2n) is 10.3. The Bertz CT molecular complexity index is 1640. The van der Waals surface area contributed by atoms with Gasteiger partial charge in [-0.05, 0) is 61.4 Å². The predicted molar refractivity (Wildman–Crippen MR) is 168 cm³/mol. The van der Waals surface area contributed by atoms with Gasteiger partial charge in [-0.1, -0.05) is 41.9 Å². The van der Waals surface area contributed by atoms with Crippen LogP contribution in [0.1, 0.15) is 31.2 Å². The van der Waals surface area contributed by atoms with Crippen molar-refractivity contribution in [2.45, 2.75) is 38.8 Å². The molecule has 0 atom stereocenters. The van der Waals surface area contributed by atoms with E-state index in [-0.39, 0.29) is 34.0 Å². The lowest BCUT2D eigenvalue weighted by Crippen LogP contribution is -3.00. The van der Waals surface area contributed by atoms with Crippen LogP contribution in [0.25, 0.3) is 11.0 Å². The first kappa shape index (κ1) is 34.6. The molecule has 5 rings (SSSR count). The number of pyridine rings is 1. The van der Waals surface area contributed by atoms with Gasteiger partial charge in [0.05, 0.1) is 32.6 Å². The summed E-state index contributed by atoms with van der Waals surface area (Å²) in [5.74, 6) is 1.65. The van der Waals surface area contributed by atoms with E-state index in [4.69, 9.17) is 4.74 Å². The van der Waals surface area contributed by atoms with Crippen molar-refractivity contribution in [1.29, 1.82) is 0 Å². The fourth-order valence-corrected chi connectivity index (χ4v) is 4.95. The fraction of sp³-hybridized carbons (Fsp3) is 0.265. The molecule has 0 amide bonds. The Hall–Kier alpha value is -3.89. The van der Waals surface area contributed by atoms with Crippen LogP contribution in [0.15, 0.2) is 119 Å². The zero-order chi connectivity index (χ0) is 29.1. The molecule has 0 unspecified atom stereocenters. The van der Waals surface area contributed by atoms with E-state index in [1.165, 1.54) is 11.9 Å². The number of fused-ring (bicyclic) bond motifs is 1. The maximum atomic E-state index is 5.25. The van der Waals surface area contributed by atoms with Crippen molar-refractivity contribution >= 4 is 34.6 Å². The Labute approximate surface area is 280 Å². The van der Waals surface area contributed by atoms with E-state index in [2.05, 4.69) is 84.9 Å². The number of ether oxygens (including phenoxy) is 1. The highest BCUT2D eigenvalue weighted by molar-refractivity contribution is 5.79. The Kier molecular flexibility index (Phi) is 13.7. The van der Waals surface area contributed by atoms with Crippen molar-refractivity contribution in [1.82, 2.24) is 4.57 Å². The molecule has 0 saturated carbocycles. The summed E-state index contributed by atoms with van der Waals surface area (Å²) in [5, 5.41) is 15.6. The molecule has 5 aromatic rings. The van der Waals surface area contributed by atoms with E-state index < -0.39 is 0 Å². The van der Waals surface area contributed by atoms with Gasteiger partial charge in [0.25, 0.3) is 0 Å². The van der Waals surface area contributed by atoms with Crippen LogP contribution in [0.2, 0.25) is 0 Å². The van der Waals surface area contributed by atoms with E-state index in [0.29, 0.717) is 0 Å². The highest BCUT2D eigenvalue weighted by Gasteiger charge is 2.21. The summed E-state index contributed by atoms with van der Waals surface area (Å²) >= 11 is 0. The third-order valence-electron chi connectivity index (χ3n) is 7.38. The van der Waals surface area contributed by atoms with Crippen molar-refractivity contribution < 1.29 is 47.8 Å². The van der Waals surface area contributed by atoms with Crippen LogP contribution in [-0.4, -0.2) is 24.9 Å². The summed E-state index contributed by atoms with van der Waals surface area (Å²) in [6, 6.07) is 30.4. The average molecular weight is 722 g/mol. The first-order valence-corrected chi connectivity index (χ1v) is 14.5. The SMILES string of the molecule is COc1ccc(N=Nc2n(CCCCCC[n+]3ccc(/C=N\N(C)c4ccccc4)cc3)c3ccccc3[n+]2C)cc1.[Br-].[Br-]. The molecule has 0 radical (unpaired) electrons. The van der Waals surface area contributed by atoms with E-state index >= 15 is 0 Å². The number of benzene rings is 3. The summed E-state index contributed by atoms with van der Waals surface area (Å²) in [7, 11) is 5.67. The third kappa shape index (κ3) is 9.06. The first-order chi connectivity index (χ1) is 20.6. The van der Waals surface area contributed by atoms with Crippen LogP contribution in [0, 0.1) is 0 Å². The van der Waals surface area contributed by atoms with E-state index in [9.17, 15) is 0 Å². The number of aromatic nitrogens is 3. The van der Waals surface area contributed by atoms with Crippen molar-refractivity contribution in [3.63, 3.8) is 0 Å². The molecule has 0 bridgehead atoms. The van der Waals surface area contributed by atoms with Crippen LogP contribution in [0.3, 0.4) is 0 Å². The van der Waals surface area contributed by atoms with Gasteiger partial charge < -0.3 is 38.7 Å². The minimum Gasteiger partial charge on any atom is -1.00 e. The number of aryl methyl sites for hydroxylation is 3. The quantitative estimate of drug-likeness (QED) is 0.0598. The molecule has 0 aliphatic heterocycles. The number of hydrazone groups is 1. The fourth-order valence-electron chi connectivity index (χ4n) is 4.95. The van der Waals surface area contributed by atoms with Crippen LogP contribution in [0.5, 0.6) is 5.75 Å². The lowest BCUT2D eigenvalue weighted by atomic mass is 10.2. The van der Waals surface area contributed by atoms with Crippen LogP contribution in [-0.2, 0) is 20.1 Å². The summed E-state index contributed by atoms with van der Waals surface area (Å²) < 4.78 is 11.9. The van der Waals surface area contributed by atoms with Gasteiger partial charge in [0.2, 0.25) is 0 Å². The number of anilines is 1. The predicted octanol–water partition coefficient (Wildman–Crippen LogP) is 0.916. The number of nitrogens with zero attached hydrogens (tertiary/aromatic N) is 7. The van der Waals surface area contributed by atoms with Crippen molar-refractivity contribution in [3.05, 3.63) is 109 Å². The lowest BCUT2D eigenvalue weighted by Gasteiger charge is -2.11. The van der Waals surface area contributed by atoms with E-state index in [1.807, 2.05) is 72.9 Å². The number of imidazole rings is 1. The van der Waals surface area contributed by atoms with Crippen LogP contribution < -0.4 is 52.8 Å². The minimum atomic E-state index is 0. The number of halogens is 2. The zero-order valence-electron chi connectivity index (χ0n) is 25.4. The standard InChI is InChI=1S/C34H39N7O.2BrH/c1-38-32-15-9-10-16-33(32)41(34(38)37-36-29-17-19-31(42-3)20-18-29)24-12-5-4-11-23-40-25-21-28(22-26-40)27-35-39(2)30-13-7-6-8-14-30;;/h6-10,13-22,25-27H,4-5,11-12,23-24H2,1-3H3;2*1H/q+2;;/p-2. The Balaban J connectivity index is 0.00000264. The number of rotatable bonds is 13. The molecule has 0 N–H and O–H groups in total. The molecule has 0 saturated heterocycles. The second kappa shape index (κ2) is 17.4. The lowest BCUT2D eigenvalue weighted by molar-refractivity contribution is -0.697. The molecule has 0 aliphatic rings. The maximum Gasteiger partial charge on any atom is 0.422 e. The van der Waals surface area contributed by atoms with Gasteiger partial charge in [0, 0.05) is 36.3 Å². The molecule has 44 heavy (non-hydrogen) atoms. The van der Waals surface area contributed by atoms with Crippen molar-refractivity contribution in [2.24, 2.45) is 22.4 Å². The third-order valence-corrected chi connectivity index (χ3v) is 7.38. The molecule has 230 valence electrons. The van der Waals surface area contributed by atoms with Crippen LogP contribution in [0.4, 0.5) is 17.3 Å². The molecular formula is C34H39Br2N7O. The normalized spacial score (nSPS) is 11.1. The summed E-state index contributed by atoms with van der Waals surface area (Å²) in [5.41, 5.74) is 5.27. The van der Waals surface area contributed by atoms with Crippen molar-refractivity contribution in [3.8, 4) is 5.75 Å². The zero-order valence-corrected chi connectivity index (χ0v) is 28.6.